The van der Waals surface area contributed by atoms with Crippen molar-refractivity contribution < 1.29 is 22.1 Å². The van der Waals surface area contributed by atoms with E-state index in [1.165, 1.54) is 0 Å². The Labute approximate surface area is 136 Å². The van der Waals surface area contributed by atoms with E-state index in [4.69, 9.17) is 18.6 Å². The van der Waals surface area contributed by atoms with Gasteiger partial charge in [-0.1, -0.05) is 36.4 Å². The minimum absolute atomic E-state index is 0.253. The van der Waals surface area contributed by atoms with Crippen molar-refractivity contribution in [3.8, 4) is 5.75 Å². The van der Waals surface area contributed by atoms with Crippen molar-refractivity contribution in [2.45, 2.75) is 13.8 Å². The first-order valence-corrected chi connectivity index (χ1v) is 10.2. The molecule has 2 aromatic carbocycles. The molecular formula is C15H15Cl2NOTi. The van der Waals surface area contributed by atoms with Crippen LogP contribution in [0, 0.1) is 13.8 Å². The number of aromatic hydroxyl groups is 1. The second kappa shape index (κ2) is 9.20. The van der Waals surface area contributed by atoms with Crippen LogP contribution < -0.4 is 0 Å². The number of hydrogen-bond donors (Lipinski definition) is 1. The average Bonchev–Trinajstić information content (AvgIpc) is 2.43. The van der Waals surface area contributed by atoms with Gasteiger partial charge in [0.2, 0.25) is 0 Å². The summed E-state index contributed by atoms with van der Waals surface area (Å²) in [7, 11) is 9.78. The molecule has 0 unspecified atom stereocenters. The standard InChI is InChI=1S/C15H15NO.2ClH.Ti/c1-11-8-12(2)15(17)14(9-11)16-10-13-6-4-3-5-7-13;;;/h3-10,17H,1-2H3;2*1H;/q;;;+2/p-2. The maximum absolute atomic E-state index is 9.89. The fourth-order valence-electron chi connectivity index (χ4n) is 1.72. The van der Waals surface area contributed by atoms with Crippen LogP contribution in [-0.4, -0.2) is 11.3 Å². The van der Waals surface area contributed by atoms with Crippen LogP contribution in [0.1, 0.15) is 16.7 Å². The third-order valence-electron chi connectivity index (χ3n) is 2.58. The van der Waals surface area contributed by atoms with E-state index in [2.05, 4.69) is 4.99 Å². The van der Waals surface area contributed by atoms with E-state index < -0.39 is 17.0 Å². The summed E-state index contributed by atoms with van der Waals surface area (Å²) in [5, 5.41) is 9.89. The first-order chi connectivity index (χ1) is 9.58. The van der Waals surface area contributed by atoms with E-state index in [0.717, 1.165) is 16.7 Å². The monoisotopic (exact) mass is 343 g/mol. The van der Waals surface area contributed by atoms with Gasteiger partial charge in [-0.05, 0) is 36.6 Å². The van der Waals surface area contributed by atoms with Gasteiger partial charge in [0.25, 0.3) is 0 Å². The second-order valence-corrected chi connectivity index (χ2v) is 6.77. The van der Waals surface area contributed by atoms with Crippen molar-refractivity contribution >= 4 is 30.5 Å². The fourth-order valence-corrected chi connectivity index (χ4v) is 1.72. The van der Waals surface area contributed by atoms with E-state index in [0.29, 0.717) is 5.69 Å². The molecular weight excluding hydrogens is 329 g/mol. The van der Waals surface area contributed by atoms with Gasteiger partial charge in [0.15, 0.2) is 0 Å². The predicted molar refractivity (Wildman–Crippen MR) is 83.0 cm³/mol. The number of benzene rings is 2. The molecule has 5 heteroatoms. The maximum atomic E-state index is 9.89. The summed E-state index contributed by atoms with van der Waals surface area (Å²) >= 11 is -0.556. The Morgan fingerprint density at radius 3 is 2.30 bits per heavy atom. The van der Waals surface area contributed by atoms with E-state index in [1.807, 2.05) is 56.3 Å². The normalized spacial score (nSPS) is 10.0. The van der Waals surface area contributed by atoms with Gasteiger partial charge in [-0.25, -0.2) is 0 Å². The van der Waals surface area contributed by atoms with Crippen LogP contribution in [0.4, 0.5) is 5.69 Å². The van der Waals surface area contributed by atoms with Gasteiger partial charge in [0.1, 0.15) is 11.4 Å². The number of aryl methyl sites for hydroxylation is 2. The molecule has 0 aliphatic carbocycles. The van der Waals surface area contributed by atoms with Crippen LogP contribution in [-0.2, 0) is 17.0 Å². The molecule has 0 aliphatic heterocycles. The molecule has 0 heterocycles. The molecule has 2 aromatic rings. The Kier molecular flexibility index (Phi) is 7.94. The zero-order chi connectivity index (χ0) is 15.0. The van der Waals surface area contributed by atoms with Crippen LogP contribution in [0.3, 0.4) is 0 Å². The van der Waals surface area contributed by atoms with Crippen LogP contribution in [0.5, 0.6) is 5.75 Å². The molecule has 0 bridgehead atoms. The van der Waals surface area contributed by atoms with Gasteiger partial charge < -0.3 is 5.11 Å². The number of phenolic OH excluding ortho intramolecular Hbond substituents is 1. The zero-order valence-electron chi connectivity index (χ0n) is 11.3. The Morgan fingerprint density at radius 2 is 1.70 bits per heavy atom. The van der Waals surface area contributed by atoms with E-state index in [1.54, 1.807) is 6.21 Å². The molecule has 0 saturated heterocycles. The Balaban J connectivity index is 0.000000612. The molecule has 0 aromatic heterocycles. The molecule has 0 radical (unpaired) electrons. The number of rotatable bonds is 2. The van der Waals surface area contributed by atoms with Crippen molar-refractivity contribution in [1.82, 2.24) is 0 Å². The summed E-state index contributed by atoms with van der Waals surface area (Å²) in [6, 6.07) is 13.7. The molecule has 1 N–H and O–H groups in total. The van der Waals surface area contributed by atoms with Crippen molar-refractivity contribution in [3.63, 3.8) is 0 Å². The Bertz CT molecular complexity index is 574. The van der Waals surface area contributed by atoms with Crippen LogP contribution in [0.2, 0.25) is 0 Å². The third kappa shape index (κ3) is 5.68. The molecule has 0 amide bonds. The summed E-state index contributed by atoms with van der Waals surface area (Å²) in [6.45, 7) is 3.87. The summed E-state index contributed by atoms with van der Waals surface area (Å²) in [4.78, 5) is 4.32. The number of nitrogens with zero attached hydrogens (tertiary/aromatic N) is 1. The first kappa shape index (κ1) is 17.3. The van der Waals surface area contributed by atoms with Gasteiger partial charge >= 0.3 is 35.6 Å². The van der Waals surface area contributed by atoms with E-state index in [9.17, 15) is 5.11 Å². The van der Waals surface area contributed by atoms with Gasteiger partial charge in [0, 0.05) is 6.21 Å². The van der Waals surface area contributed by atoms with Crippen LogP contribution in [0.15, 0.2) is 47.5 Å². The minimum atomic E-state index is -0.556. The van der Waals surface area contributed by atoms with Crippen molar-refractivity contribution in [2.75, 3.05) is 0 Å². The van der Waals surface area contributed by atoms with Gasteiger partial charge in [-0.2, -0.15) is 0 Å². The molecule has 0 saturated carbocycles. The Morgan fingerprint density at radius 1 is 1.10 bits per heavy atom. The molecule has 2 nitrogen and oxygen atoms in total. The number of halogens is 2. The number of aliphatic imine (C=N–C) groups is 1. The van der Waals surface area contributed by atoms with Crippen molar-refractivity contribution in [1.29, 1.82) is 0 Å². The second-order valence-electron chi connectivity index (χ2n) is 4.19. The summed E-state index contributed by atoms with van der Waals surface area (Å²) in [6.07, 6.45) is 1.76. The zero-order valence-corrected chi connectivity index (χ0v) is 14.3. The molecule has 0 aliphatic rings. The van der Waals surface area contributed by atoms with Crippen molar-refractivity contribution in [3.05, 3.63) is 59.2 Å². The Hall–Kier alpha value is -0.796. The van der Waals surface area contributed by atoms with Gasteiger partial charge in [-0.3, -0.25) is 4.99 Å². The molecule has 0 spiro atoms. The number of phenols is 1. The first-order valence-electron chi connectivity index (χ1n) is 5.94. The topological polar surface area (TPSA) is 32.6 Å². The quantitative estimate of drug-likeness (QED) is 0.594. The van der Waals surface area contributed by atoms with Gasteiger partial charge in [-0.15, -0.1) is 0 Å². The molecule has 0 atom stereocenters. The average molecular weight is 344 g/mol. The summed E-state index contributed by atoms with van der Waals surface area (Å²) < 4.78 is 0. The van der Waals surface area contributed by atoms with Crippen LogP contribution in [0.25, 0.3) is 0 Å². The molecule has 104 valence electrons. The van der Waals surface area contributed by atoms with Gasteiger partial charge in [0.05, 0.1) is 0 Å². The number of hydrogen-bond acceptors (Lipinski definition) is 2. The molecule has 0 fully saturated rings. The summed E-state index contributed by atoms with van der Waals surface area (Å²) in [5.41, 5.74) is 3.59. The SMILES string of the molecule is Cc1cc(C)c(O)c(N=Cc2ccccc2)c1.[Cl][Ti][Cl]. The fraction of sp³-hybridized carbons (Fsp3) is 0.133. The van der Waals surface area contributed by atoms with Crippen molar-refractivity contribution in [2.24, 2.45) is 4.99 Å². The summed E-state index contributed by atoms with van der Waals surface area (Å²) in [5.74, 6) is 0.253. The third-order valence-corrected chi connectivity index (χ3v) is 2.58. The predicted octanol–water partition coefficient (Wildman–Crippen LogP) is 5.14. The van der Waals surface area contributed by atoms with E-state index in [-0.39, 0.29) is 5.75 Å². The molecule has 2 rings (SSSR count). The van der Waals surface area contributed by atoms with E-state index >= 15 is 0 Å². The van der Waals surface area contributed by atoms with Crippen LogP contribution >= 0.6 is 18.6 Å². The molecule has 20 heavy (non-hydrogen) atoms.